The summed E-state index contributed by atoms with van der Waals surface area (Å²) in [6.45, 7) is 2.57. The van der Waals surface area contributed by atoms with Gasteiger partial charge < -0.3 is 15.8 Å². The maximum absolute atomic E-state index is 5.96. The van der Waals surface area contributed by atoms with E-state index in [-0.39, 0.29) is 24.0 Å². The molecular formula is C17H21BrIN3O. The molecule has 23 heavy (non-hydrogen) atoms. The van der Waals surface area contributed by atoms with E-state index >= 15 is 0 Å². The summed E-state index contributed by atoms with van der Waals surface area (Å²) in [5.41, 5.74) is 9.14. The van der Waals surface area contributed by atoms with E-state index in [0.717, 1.165) is 27.9 Å². The van der Waals surface area contributed by atoms with Gasteiger partial charge in [0.15, 0.2) is 5.96 Å². The third-order valence-corrected chi connectivity index (χ3v) is 3.76. The fourth-order valence-electron chi connectivity index (χ4n) is 2.10. The van der Waals surface area contributed by atoms with E-state index in [1.54, 1.807) is 7.11 Å². The summed E-state index contributed by atoms with van der Waals surface area (Å²) < 4.78 is 6.32. The number of halogens is 2. The number of ether oxygens (including phenoxy) is 1. The van der Waals surface area contributed by atoms with E-state index in [2.05, 4.69) is 45.3 Å². The highest BCUT2D eigenvalue weighted by Gasteiger charge is 2.03. The molecule has 0 heterocycles. The molecule has 0 fully saturated rings. The van der Waals surface area contributed by atoms with Crippen LogP contribution in [0.5, 0.6) is 5.75 Å². The van der Waals surface area contributed by atoms with Gasteiger partial charge in [-0.2, -0.15) is 0 Å². The lowest BCUT2D eigenvalue weighted by atomic mass is 10.1. The van der Waals surface area contributed by atoms with Gasteiger partial charge in [-0.05, 0) is 42.3 Å². The zero-order valence-corrected chi connectivity index (χ0v) is 17.1. The number of benzene rings is 2. The fraction of sp³-hybridized carbons (Fsp3) is 0.235. The van der Waals surface area contributed by atoms with Crippen LogP contribution in [0, 0.1) is 0 Å². The second kappa shape index (κ2) is 9.77. The zero-order valence-electron chi connectivity index (χ0n) is 13.2. The van der Waals surface area contributed by atoms with Gasteiger partial charge in [-0.25, -0.2) is 4.99 Å². The fourth-order valence-corrected chi connectivity index (χ4v) is 2.51. The van der Waals surface area contributed by atoms with Gasteiger partial charge in [-0.1, -0.05) is 35.0 Å². The first-order valence-corrected chi connectivity index (χ1v) is 7.90. The predicted octanol–water partition coefficient (Wildman–Crippen LogP) is 4.56. The van der Waals surface area contributed by atoms with E-state index in [1.165, 1.54) is 5.56 Å². The Morgan fingerprint density at radius 2 is 2.04 bits per heavy atom. The highest BCUT2D eigenvalue weighted by atomic mass is 127. The van der Waals surface area contributed by atoms with Crippen molar-refractivity contribution in [3.05, 3.63) is 58.1 Å². The number of guanidine groups is 1. The molecule has 0 aliphatic rings. The van der Waals surface area contributed by atoms with Gasteiger partial charge >= 0.3 is 0 Å². The zero-order chi connectivity index (χ0) is 15.9. The molecule has 0 atom stereocenters. The van der Waals surface area contributed by atoms with Crippen molar-refractivity contribution >= 4 is 51.6 Å². The lowest BCUT2D eigenvalue weighted by molar-refractivity contribution is 0.410. The quantitative estimate of drug-likeness (QED) is 0.367. The summed E-state index contributed by atoms with van der Waals surface area (Å²) >= 11 is 3.45. The summed E-state index contributed by atoms with van der Waals surface area (Å²) in [5.74, 6) is 1.18. The molecule has 4 nitrogen and oxygen atoms in total. The molecule has 0 unspecified atom stereocenters. The van der Waals surface area contributed by atoms with Gasteiger partial charge in [0, 0.05) is 15.7 Å². The van der Waals surface area contributed by atoms with E-state index in [0.29, 0.717) is 12.5 Å². The Labute approximate surface area is 162 Å². The van der Waals surface area contributed by atoms with Crippen LogP contribution in [0.3, 0.4) is 0 Å². The SMILES string of the molecule is CCc1cccc(NC(N)=NCc2cc(Br)ccc2OC)c1.I. The predicted molar refractivity (Wildman–Crippen MR) is 111 cm³/mol. The van der Waals surface area contributed by atoms with Crippen LogP contribution in [0.25, 0.3) is 0 Å². The minimum Gasteiger partial charge on any atom is -0.496 e. The summed E-state index contributed by atoms with van der Waals surface area (Å²) in [5, 5.41) is 3.11. The van der Waals surface area contributed by atoms with Crippen LogP contribution in [0.2, 0.25) is 0 Å². The molecule has 0 radical (unpaired) electrons. The van der Waals surface area contributed by atoms with E-state index in [4.69, 9.17) is 10.5 Å². The normalized spacial score (nSPS) is 10.8. The Hall–Kier alpha value is -1.28. The Kier molecular flexibility index (Phi) is 8.40. The average molecular weight is 490 g/mol. The van der Waals surface area contributed by atoms with E-state index < -0.39 is 0 Å². The van der Waals surface area contributed by atoms with Crippen LogP contribution in [-0.4, -0.2) is 13.1 Å². The van der Waals surface area contributed by atoms with Gasteiger partial charge in [0.2, 0.25) is 0 Å². The molecule has 2 aromatic rings. The number of aryl methyl sites for hydroxylation is 1. The molecule has 6 heteroatoms. The van der Waals surface area contributed by atoms with Crippen molar-refractivity contribution in [1.29, 1.82) is 0 Å². The molecule has 124 valence electrons. The number of anilines is 1. The number of aliphatic imine (C=N–C) groups is 1. The van der Waals surface area contributed by atoms with Crippen molar-refractivity contribution < 1.29 is 4.74 Å². The summed E-state index contributed by atoms with van der Waals surface area (Å²) in [7, 11) is 1.65. The number of hydrogen-bond donors (Lipinski definition) is 2. The first-order chi connectivity index (χ1) is 10.6. The molecule has 3 N–H and O–H groups in total. The average Bonchev–Trinajstić information content (AvgIpc) is 2.53. The van der Waals surface area contributed by atoms with Gasteiger partial charge in [-0.3, -0.25) is 0 Å². The van der Waals surface area contributed by atoms with Crippen LogP contribution in [0.4, 0.5) is 5.69 Å². The van der Waals surface area contributed by atoms with Crippen LogP contribution in [0.1, 0.15) is 18.1 Å². The third-order valence-electron chi connectivity index (χ3n) is 3.27. The van der Waals surface area contributed by atoms with Crippen LogP contribution >= 0.6 is 39.9 Å². The summed E-state index contributed by atoms with van der Waals surface area (Å²) in [6.07, 6.45) is 0.988. The summed E-state index contributed by atoms with van der Waals surface area (Å²) in [4.78, 5) is 4.38. The number of methoxy groups -OCH3 is 1. The van der Waals surface area contributed by atoms with Gasteiger partial charge in [0.1, 0.15) is 5.75 Å². The Bertz CT molecular complexity index is 677. The van der Waals surface area contributed by atoms with Crippen molar-refractivity contribution in [2.45, 2.75) is 19.9 Å². The molecule has 0 bridgehead atoms. The molecule has 2 aromatic carbocycles. The monoisotopic (exact) mass is 489 g/mol. The maximum atomic E-state index is 5.96. The van der Waals surface area contributed by atoms with Crippen molar-refractivity contribution in [3.8, 4) is 5.75 Å². The number of rotatable bonds is 5. The third kappa shape index (κ3) is 6.02. The van der Waals surface area contributed by atoms with E-state index in [9.17, 15) is 0 Å². The first kappa shape index (κ1) is 19.8. The molecule has 2 rings (SSSR count). The molecule has 0 aliphatic carbocycles. The first-order valence-electron chi connectivity index (χ1n) is 7.10. The van der Waals surface area contributed by atoms with Crippen LogP contribution in [0.15, 0.2) is 51.9 Å². The van der Waals surface area contributed by atoms with Crippen molar-refractivity contribution in [3.63, 3.8) is 0 Å². The molecule has 0 saturated carbocycles. The van der Waals surface area contributed by atoms with Crippen molar-refractivity contribution in [2.75, 3.05) is 12.4 Å². The Morgan fingerprint density at radius 3 is 2.74 bits per heavy atom. The molecule has 0 saturated heterocycles. The highest BCUT2D eigenvalue weighted by molar-refractivity contribution is 14.0. The largest absolute Gasteiger partial charge is 0.496 e. The van der Waals surface area contributed by atoms with Crippen molar-refractivity contribution in [1.82, 2.24) is 0 Å². The van der Waals surface area contributed by atoms with E-state index in [1.807, 2.05) is 30.3 Å². The standard InChI is InChI=1S/C17H20BrN3O.HI/c1-3-12-5-4-6-15(9-12)21-17(19)20-11-13-10-14(18)7-8-16(13)22-2;/h4-10H,3,11H2,1-2H3,(H3,19,20,21);1H. The maximum Gasteiger partial charge on any atom is 0.193 e. The molecule has 0 amide bonds. The minimum absolute atomic E-state index is 0. The molecule has 0 spiro atoms. The Balaban J connectivity index is 0.00000264. The number of nitrogens with one attached hydrogen (secondary N) is 1. The molecule has 0 aromatic heterocycles. The highest BCUT2D eigenvalue weighted by Crippen LogP contribution is 2.23. The lowest BCUT2D eigenvalue weighted by Crippen LogP contribution is -2.22. The van der Waals surface area contributed by atoms with Crippen molar-refractivity contribution in [2.24, 2.45) is 10.7 Å². The minimum atomic E-state index is 0. The van der Waals surface area contributed by atoms with Gasteiger partial charge in [0.25, 0.3) is 0 Å². The van der Waals surface area contributed by atoms with Gasteiger partial charge in [-0.15, -0.1) is 24.0 Å². The number of nitrogens with two attached hydrogens (primary N) is 1. The van der Waals surface area contributed by atoms with Gasteiger partial charge in [0.05, 0.1) is 13.7 Å². The second-order valence-corrected chi connectivity index (χ2v) is 5.75. The molecule has 0 aliphatic heterocycles. The smallest absolute Gasteiger partial charge is 0.193 e. The number of hydrogen-bond acceptors (Lipinski definition) is 2. The second-order valence-electron chi connectivity index (χ2n) is 4.84. The Morgan fingerprint density at radius 1 is 1.26 bits per heavy atom. The summed E-state index contributed by atoms with van der Waals surface area (Å²) in [6, 6.07) is 14.0. The topological polar surface area (TPSA) is 59.6 Å². The van der Waals surface area contributed by atoms with Crippen LogP contribution in [-0.2, 0) is 13.0 Å². The van der Waals surface area contributed by atoms with Crippen LogP contribution < -0.4 is 15.8 Å². The lowest BCUT2D eigenvalue weighted by Gasteiger charge is -2.09. The number of nitrogens with zero attached hydrogens (tertiary/aromatic N) is 1. The molecular weight excluding hydrogens is 469 g/mol.